The zero-order chi connectivity index (χ0) is 11.5. The van der Waals surface area contributed by atoms with Crippen LogP contribution in [0.25, 0.3) is 0 Å². The minimum Gasteiger partial charge on any atom is -0.328 e. The monoisotopic (exact) mass is 226 g/mol. The maximum absolute atomic E-state index is 13.4. The van der Waals surface area contributed by atoms with Gasteiger partial charge in [0.25, 0.3) is 0 Å². The molecule has 1 heterocycles. The topological polar surface area (TPSA) is 29.3 Å². The van der Waals surface area contributed by atoms with Crippen molar-refractivity contribution >= 4 is 0 Å². The molecule has 1 fully saturated rings. The number of rotatable bonds is 2. The highest BCUT2D eigenvalue weighted by Crippen LogP contribution is 2.17. The van der Waals surface area contributed by atoms with Crippen LogP contribution in [0.15, 0.2) is 18.2 Å². The fraction of sp³-hybridized carbons (Fsp3) is 0.500. The standard InChI is InChI=1S/C12H16F2N2/c13-11-2-1-3-12(14)10(11)8-16-6-4-9(15)5-7-16/h1-3,9H,4-8,15H2. The summed E-state index contributed by atoms with van der Waals surface area (Å²) in [6, 6.07) is 4.23. The first-order chi connectivity index (χ1) is 7.66. The summed E-state index contributed by atoms with van der Waals surface area (Å²) < 4.78 is 26.8. The van der Waals surface area contributed by atoms with Gasteiger partial charge in [0, 0.05) is 18.2 Å². The molecule has 0 amide bonds. The van der Waals surface area contributed by atoms with Crippen molar-refractivity contribution in [3.8, 4) is 0 Å². The maximum atomic E-state index is 13.4. The minimum atomic E-state index is -0.463. The number of hydrogen-bond donors (Lipinski definition) is 1. The molecule has 4 heteroatoms. The largest absolute Gasteiger partial charge is 0.328 e. The van der Waals surface area contributed by atoms with E-state index in [1.54, 1.807) is 0 Å². The predicted octanol–water partition coefficient (Wildman–Crippen LogP) is 1.89. The van der Waals surface area contributed by atoms with E-state index in [9.17, 15) is 8.78 Å². The van der Waals surface area contributed by atoms with Crippen LogP contribution in [-0.4, -0.2) is 24.0 Å². The van der Waals surface area contributed by atoms with Gasteiger partial charge in [0.1, 0.15) is 11.6 Å². The molecule has 1 aliphatic rings. The molecule has 0 spiro atoms. The highest BCUT2D eigenvalue weighted by atomic mass is 19.1. The average Bonchev–Trinajstić information content (AvgIpc) is 2.26. The second kappa shape index (κ2) is 4.89. The highest BCUT2D eigenvalue weighted by molar-refractivity contribution is 5.19. The van der Waals surface area contributed by atoms with E-state index in [1.807, 2.05) is 4.90 Å². The van der Waals surface area contributed by atoms with Crippen LogP contribution in [0, 0.1) is 11.6 Å². The summed E-state index contributed by atoms with van der Waals surface area (Å²) in [4.78, 5) is 2.05. The van der Waals surface area contributed by atoms with Crippen LogP contribution in [0.3, 0.4) is 0 Å². The molecule has 0 saturated carbocycles. The Labute approximate surface area is 94.0 Å². The lowest BCUT2D eigenvalue weighted by Gasteiger charge is -2.30. The van der Waals surface area contributed by atoms with Gasteiger partial charge in [-0.25, -0.2) is 8.78 Å². The molecule has 1 aromatic rings. The Hall–Kier alpha value is -1.00. The molecule has 0 aromatic heterocycles. The number of nitrogens with two attached hydrogens (primary N) is 1. The molecular weight excluding hydrogens is 210 g/mol. The second-order valence-electron chi connectivity index (χ2n) is 4.31. The van der Waals surface area contributed by atoms with E-state index in [0.717, 1.165) is 25.9 Å². The zero-order valence-corrected chi connectivity index (χ0v) is 9.13. The lowest BCUT2D eigenvalue weighted by Crippen LogP contribution is -2.39. The van der Waals surface area contributed by atoms with Gasteiger partial charge in [-0.3, -0.25) is 4.90 Å². The number of hydrogen-bond acceptors (Lipinski definition) is 2. The fourth-order valence-corrected chi connectivity index (χ4v) is 2.02. The summed E-state index contributed by atoms with van der Waals surface area (Å²) in [5.41, 5.74) is 5.94. The molecular formula is C12H16F2N2. The molecule has 2 rings (SSSR count). The van der Waals surface area contributed by atoms with E-state index in [4.69, 9.17) is 5.73 Å². The van der Waals surface area contributed by atoms with Gasteiger partial charge in [-0.05, 0) is 38.1 Å². The summed E-state index contributed by atoms with van der Waals surface area (Å²) in [6.07, 6.45) is 1.80. The fourth-order valence-electron chi connectivity index (χ4n) is 2.02. The Morgan fingerprint density at radius 3 is 2.31 bits per heavy atom. The summed E-state index contributed by atoms with van der Waals surface area (Å²) in [6.45, 7) is 1.97. The van der Waals surface area contributed by atoms with Gasteiger partial charge in [-0.1, -0.05) is 6.07 Å². The molecule has 0 aliphatic carbocycles. The van der Waals surface area contributed by atoms with Crippen molar-refractivity contribution in [3.63, 3.8) is 0 Å². The molecule has 88 valence electrons. The van der Waals surface area contributed by atoms with E-state index in [1.165, 1.54) is 18.2 Å². The van der Waals surface area contributed by atoms with Crippen molar-refractivity contribution in [2.45, 2.75) is 25.4 Å². The lowest BCUT2D eigenvalue weighted by molar-refractivity contribution is 0.201. The Morgan fingerprint density at radius 1 is 1.19 bits per heavy atom. The summed E-state index contributed by atoms with van der Waals surface area (Å²) in [7, 11) is 0. The van der Waals surface area contributed by atoms with Crippen LogP contribution in [0.2, 0.25) is 0 Å². The van der Waals surface area contributed by atoms with Crippen LogP contribution in [-0.2, 0) is 6.54 Å². The van der Waals surface area contributed by atoms with Gasteiger partial charge >= 0.3 is 0 Å². The van der Waals surface area contributed by atoms with E-state index >= 15 is 0 Å². The van der Waals surface area contributed by atoms with Crippen LogP contribution in [0.1, 0.15) is 18.4 Å². The van der Waals surface area contributed by atoms with Crippen LogP contribution in [0.5, 0.6) is 0 Å². The van der Waals surface area contributed by atoms with Gasteiger partial charge in [0.15, 0.2) is 0 Å². The summed E-state index contributed by atoms with van der Waals surface area (Å²) in [5, 5.41) is 0. The molecule has 1 aromatic carbocycles. The molecule has 2 nitrogen and oxygen atoms in total. The van der Waals surface area contributed by atoms with Crippen molar-refractivity contribution in [1.82, 2.24) is 4.90 Å². The third-order valence-electron chi connectivity index (χ3n) is 3.08. The molecule has 0 atom stereocenters. The normalized spacial score (nSPS) is 18.9. The smallest absolute Gasteiger partial charge is 0.130 e. The molecule has 1 aliphatic heterocycles. The van der Waals surface area contributed by atoms with Crippen molar-refractivity contribution in [3.05, 3.63) is 35.4 Å². The van der Waals surface area contributed by atoms with Gasteiger partial charge < -0.3 is 5.73 Å². The van der Waals surface area contributed by atoms with Crippen molar-refractivity contribution in [1.29, 1.82) is 0 Å². The van der Waals surface area contributed by atoms with Crippen LogP contribution >= 0.6 is 0 Å². The van der Waals surface area contributed by atoms with E-state index in [2.05, 4.69) is 0 Å². The van der Waals surface area contributed by atoms with Gasteiger partial charge in [-0.2, -0.15) is 0 Å². The molecule has 1 saturated heterocycles. The van der Waals surface area contributed by atoms with Crippen molar-refractivity contribution in [2.24, 2.45) is 5.73 Å². The van der Waals surface area contributed by atoms with Crippen molar-refractivity contribution < 1.29 is 8.78 Å². The number of likely N-dealkylation sites (tertiary alicyclic amines) is 1. The number of benzene rings is 1. The molecule has 0 radical (unpaired) electrons. The maximum Gasteiger partial charge on any atom is 0.130 e. The zero-order valence-electron chi connectivity index (χ0n) is 9.13. The third-order valence-corrected chi connectivity index (χ3v) is 3.08. The Morgan fingerprint density at radius 2 is 1.75 bits per heavy atom. The van der Waals surface area contributed by atoms with Crippen LogP contribution < -0.4 is 5.73 Å². The Balaban J connectivity index is 2.04. The number of nitrogens with zero attached hydrogens (tertiary/aromatic N) is 1. The molecule has 2 N–H and O–H groups in total. The first kappa shape index (κ1) is 11.5. The number of halogens is 2. The Bertz CT molecular complexity index is 340. The summed E-state index contributed by atoms with van der Waals surface area (Å²) in [5.74, 6) is -0.926. The first-order valence-corrected chi connectivity index (χ1v) is 5.57. The van der Waals surface area contributed by atoms with Gasteiger partial charge in [0.2, 0.25) is 0 Å². The Kier molecular flexibility index (Phi) is 3.51. The minimum absolute atomic E-state index is 0.165. The lowest BCUT2D eigenvalue weighted by atomic mass is 10.1. The van der Waals surface area contributed by atoms with E-state index in [0.29, 0.717) is 6.54 Å². The third kappa shape index (κ3) is 2.57. The SMILES string of the molecule is NC1CCN(Cc2c(F)cccc2F)CC1. The second-order valence-corrected chi connectivity index (χ2v) is 4.31. The quantitative estimate of drug-likeness (QED) is 0.834. The molecule has 0 bridgehead atoms. The summed E-state index contributed by atoms with van der Waals surface area (Å²) >= 11 is 0. The van der Waals surface area contributed by atoms with E-state index in [-0.39, 0.29) is 11.6 Å². The number of piperidine rings is 1. The average molecular weight is 226 g/mol. The van der Waals surface area contributed by atoms with Crippen LogP contribution in [0.4, 0.5) is 8.78 Å². The highest BCUT2D eigenvalue weighted by Gasteiger charge is 2.18. The van der Waals surface area contributed by atoms with E-state index < -0.39 is 11.6 Å². The predicted molar refractivity (Wildman–Crippen MR) is 58.8 cm³/mol. The van der Waals surface area contributed by atoms with Crippen molar-refractivity contribution in [2.75, 3.05) is 13.1 Å². The molecule has 16 heavy (non-hydrogen) atoms. The van der Waals surface area contributed by atoms with Gasteiger partial charge in [0.05, 0.1) is 0 Å². The molecule has 0 unspecified atom stereocenters. The first-order valence-electron chi connectivity index (χ1n) is 5.57. The van der Waals surface area contributed by atoms with Gasteiger partial charge in [-0.15, -0.1) is 0 Å².